The van der Waals surface area contributed by atoms with Gasteiger partial charge in [0, 0.05) is 12.1 Å². The molecule has 1 N–H and O–H groups in total. The molecule has 0 unspecified atom stereocenters. The van der Waals surface area contributed by atoms with Crippen LogP contribution in [0.5, 0.6) is 0 Å². The first kappa shape index (κ1) is 5.50. The Kier molecular flexibility index (Phi) is 1.13. The second kappa shape index (κ2) is 1.85. The molecular formula is C6H6BrNO. The van der Waals surface area contributed by atoms with Gasteiger partial charge < -0.3 is 9.73 Å². The molecule has 1 aromatic rings. The molecule has 2 nitrogen and oxygen atoms in total. The summed E-state index contributed by atoms with van der Waals surface area (Å²) < 4.78 is 6.28. The van der Waals surface area contributed by atoms with Gasteiger partial charge in [0.1, 0.15) is 12.0 Å². The molecule has 0 fully saturated rings. The lowest BCUT2D eigenvalue weighted by Crippen LogP contribution is -2.00. The molecule has 9 heavy (non-hydrogen) atoms. The zero-order chi connectivity index (χ0) is 6.27. The molecule has 0 bridgehead atoms. The van der Waals surface area contributed by atoms with Gasteiger partial charge in [0.2, 0.25) is 0 Å². The van der Waals surface area contributed by atoms with Gasteiger partial charge in [-0.3, -0.25) is 0 Å². The Morgan fingerprint density at radius 2 is 2.44 bits per heavy atom. The number of fused-ring (bicyclic) bond motifs is 1. The van der Waals surface area contributed by atoms with Crippen LogP contribution in [0.25, 0.3) is 0 Å². The molecule has 48 valence electrons. The molecule has 1 aliphatic heterocycles. The van der Waals surface area contributed by atoms with Crippen LogP contribution < -0.4 is 5.32 Å². The van der Waals surface area contributed by atoms with Gasteiger partial charge >= 0.3 is 0 Å². The first-order valence-electron chi connectivity index (χ1n) is 2.83. The van der Waals surface area contributed by atoms with E-state index >= 15 is 0 Å². The topological polar surface area (TPSA) is 25.2 Å². The van der Waals surface area contributed by atoms with Crippen LogP contribution in [0.2, 0.25) is 0 Å². The van der Waals surface area contributed by atoms with Gasteiger partial charge in [-0.2, -0.15) is 0 Å². The molecule has 0 spiro atoms. The van der Waals surface area contributed by atoms with Crippen LogP contribution >= 0.6 is 15.9 Å². The van der Waals surface area contributed by atoms with Crippen molar-refractivity contribution in [2.24, 2.45) is 0 Å². The Morgan fingerprint density at radius 3 is 3.22 bits per heavy atom. The summed E-state index contributed by atoms with van der Waals surface area (Å²) in [5, 5.41) is 3.18. The lowest BCUT2D eigenvalue weighted by molar-refractivity contribution is 0.504. The largest absolute Gasteiger partial charge is 0.466 e. The third kappa shape index (κ3) is 0.721. The SMILES string of the molecule is Brc1coc2c1CNC2. The average Bonchev–Trinajstić information content (AvgIpc) is 2.35. The van der Waals surface area contributed by atoms with E-state index < -0.39 is 0 Å². The summed E-state index contributed by atoms with van der Waals surface area (Å²) in [6.45, 7) is 1.81. The zero-order valence-electron chi connectivity index (χ0n) is 4.78. The third-order valence-corrected chi connectivity index (χ3v) is 2.18. The van der Waals surface area contributed by atoms with Crippen molar-refractivity contribution in [1.82, 2.24) is 5.32 Å². The molecule has 2 rings (SSSR count). The Morgan fingerprint density at radius 1 is 1.56 bits per heavy atom. The van der Waals surface area contributed by atoms with Gasteiger partial charge in [-0.05, 0) is 15.9 Å². The van der Waals surface area contributed by atoms with Crippen molar-refractivity contribution >= 4 is 15.9 Å². The Bertz CT molecular complexity index is 231. The van der Waals surface area contributed by atoms with Crippen LogP contribution in [0.3, 0.4) is 0 Å². The lowest BCUT2D eigenvalue weighted by atomic mass is 10.3. The molecule has 0 aromatic carbocycles. The van der Waals surface area contributed by atoms with Gasteiger partial charge in [0.15, 0.2) is 0 Å². The second-order valence-electron chi connectivity index (χ2n) is 2.09. The predicted octanol–water partition coefficient (Wildman–Crippen LogP) is 1.65. The first-order valence-corrected chi connectivity index (χ1v) is 3.62. The minimum Gasteiger partial charge on any atom is -0.466 e. The maximum atomic E-state index is 5.20. The lowest BCUT2D eigenvalue weighted by Gasteiger charge is -1.85. The van der Waals surface area contributed by atoms with E-state index in [0.29, 0.717) is 0 Å². The van der Waals surface area contributed by atoms with Crippen molar-refractivity contribution in [3.8, 4) is 0 Å². The molecule has 0 aliphatic carbocycles. The summed E-state index contributed by atoms with van der Waals surface area (Å²) in [5.41, 5.74) is 1.27. The fourth-order valence-electron chi connectivity index (χ4n) is 1.03. The summed E-state index contributed by atoms with van der Waals surface area (Å²) in [6, 6.07) is 0. The monoisotopic (exact) mass is 187 g/mol. The molecule has 0 saturated heterocycles. The highest BCUT2D eigenvalue weighted by atomic mass is 79.9. The Hall–Kier alpha value is -0.280. The standard InChI is InChI=1S/C6H6BrNO/c7-5-3-9-6-2-8-1-4(5)6/h3,8H,1-2H2. The van der Waals surface area contributed by atoms with Crippen LogP contribution in [0.1, 0.15) is 11.3 Å². The average molecular weight is 188 g/mol. The van der Waals surface area contributed by atoms with Gasteiger partial charge in [-0.15, -0.1) is 0 Å². The van der Waals surface area contributed by atoms with E-state index in [2.05, 4.69) is 21.2 Å². The molecule has 3 heteroatoms. The molecule has 0 atom stereocenters. The van der Waals surface area contributed by atoms with Crippen molar-refractivity contribution < 1.29 is 4.42 Å². The maximum Gasteiger partial charge on any atom is 0.123 e. The van der Waals surface area contributed by atoms with Crippen molar-refractivity contribution in [2.45, 2.75) is 13.1 Å². The molecule has 1 aromatic heterocycles. The van der Waals surface area contributed by atoms with E-state index in [-0.39, 0.29) is 0 Å². The van der Waals surface area contributed by atoms with E-state index in [1.54, 1.807) is 6.26 Å². The number of nitrogens with one attached hydrogen (secondary N) is 1. The van der Waals surface area contributed by atoms with E-state index in [4.69, 9.17) is 4.42 Å². The number of furan rings is 1. The highest BCUT2D eigenvalue weighted by molar-refractivity contribution is 9.10. The Balaban J connectivity index is 2.56. The molecule has 0 amide bonds. The molecule has 0 saturated carbocycles. The smallest absolute Gasteiger partial charge is 0.123 e. The van der Waals surface area contributed by atoms with Crippen LogP contribution in [-0.2, 0) is 13.1 Å². The summed E-state index contributed by atoms with van der Waals surface area (Å²) in [5.74, 6) is 1.07. The molecule has 0 radical (unpaired) electrons. The van der Waals surface area contributed by atoms with Crippen LogP contribution in [-0.4, -0.2) is 0 Å². The first-order chi connectivity index (χ1) is 4.38. The fraction of sp³-hybridized carbons (Fsp3) is 0.333. The van der Waals surface area contributed by atoms with Crippen LogP contribution in [0.15, 0.2) is 15.2 Å². The predicted molar refractivity (Wildman–Crippen MR) is 37.0 cm³/mol. The highest BCUT2D eigenvalue weighted by Gasteiger charge is 2.16. The van der Waals surface area contributed by atoms with E-state index in [9.17, 15) is 0 Å². The van der Waals surface area contributed by atoms with Gasteiger partial charge in [0.25, 0.3) is 0 Å². The van der Waals surface area contributed by atoms with E-state index in [0.717, 1.165) is 23.3 Å². The van der Waals surface area contributed by atoms with Gasteiger partial charge in [-0.1, -0.05) is 0 Å². The number of hydrogen-bond acceptors (Lipinski definition) is 2. The zero-order valence-corrected chi connectivity index (χ0v) is 6.36. The molecule has 1 aliphatic rings. The highest BCUT2D eigenvalue weighted by Crippen LogP contribution is 2.25. The van der Waals surface area contributed by atoms with Gasteiger partial charge in [-0.25, -0.2) is 0 Å². The summed E-state index contributed by atoms with van der Waals surface area (Å²) in [4.78, 5) is 0. The quantitative estimate of drug-likeness (QED) is 0.669. The number of rotatable bonds is 0. The molecule has 2 heterocycles. The van der Waals surface area contributed by atoms with Crippen LogP contribution in [0.4, 0.5) is 0 Å². The van der Waals surface area contributed by atoms with Crippen molar-refractivity contribution in [3.05, 3.63) is 22.1 Å². The minimum atomic E-state index is 0.876. The van der Waals surface area contributed by atoms with E-state index in [1.165, 1.54) is 5.56 Å². The maximum absolute atomic E-state index is 5.20. The number of hydrogen-bond donors (Lipinski definition) is 1. The van der Waals surface area contributed by atoms with Crippen LogP contribution in [0, 0.1) is 0 Å². The van der Waals surface area contributed by atoms with Crippen molar-refractivity contribution in [2.75, 3.05) is 0 Å². The van der Waals surface area contributed by atoms with E-state index in [1.807, 2.05) is 0 Å². The summed E-state index contributed by atoms with van der Waals surface area (Å²) in [7, 11) is 0. The second-order valence-corrected chi connectivity index (χ2v) is 2.94. The van der Waals surface area contributed by atoms with Crippen molar-refractivity contribution in [3.63, 3.8) is 0 Å². The third-order valence-electron chi connectivity index (χ3n) is 1.52. The number of halogens is 1. The van der Waals surface area contributed by atoms with Gasteiger partial charge in [0.05, 0.1) is 11.0 Å². The van der Waals surface area contributed by atoms with Crippen molar-refractivity contribution in [1.29, 1.82) is 0 Å². The molecular weight excluding hydrogens is 182 g/mol. The normalized spacial score (nSPS) is 16.1. The summed E-state index contributed by atoms with van der Waals surface area (Å²) >= 11 is 3.38. The minimum absolute atomic E-state index is 0.876. The summed E-state index contributed by atoms with van der Waals surface area (Å²) in [6.07, 6.45) is 1.74. The Labute approximate surface area is 61.4 Å². The fourth-order valence-corrected chi connectivity index (χ4v) is 1.49.